The average molecular weight is 504 g/mol. The Morgan fingerprint density at radius 2 is 1.95 bits per heavy atom. The zero-order chi connectivity index (χ0) is 27.0. The third-order valence-corrected chi connectivity index (χ3v) is 5.57. The molecule has 0 saturated carbocycles. The van der Waals surface area contributed by atoms with Gasteiger partial charge in [-0.2, -0.15) is 10.2 Å². The highest BCUT2D eigenvalue weighted by atomic mass is 16.6. The number of benzene rings is 1. The molecule has 0 radical (unpaired) electrons. The summed E-state index contributed by atoms with van der Waals surface area (Å²) in [5, 5.41) is 9.62. The molecule has 1 amide bonds. The van der Waals surface area contributed by atoms with Crippen molar-refractivity contribution in [2.75, 3.05) is 4.90 Å². The maximum Gasteiger partial charge on any atom is 0.416 e. The molecule has 10 heteroatoms. The minimum absolute atomic E-state index is 0.0506. The van der Waals surface area contributed by atoms with Crippen molar-refractivity contribution in [1.82, 2.24) is 14.5 Å². The highest BCUT2D eigenvalue weighted by Crippen LogP contribution is 2.35. The third-order valence-electron chi connectivity index (χ3n) is 5.57. The lowest BCUT2D eigenvalue weighted by molar-refractivity contribution is 0.0552. The lowest BCUT2D eigenvalue weighted by atomic mass is 10.1. The molecule has 1 aliphatic heterocycles. The Kier molecular flexibility index (Phi) is 6.65. The minimum Gasteiger partial charge on any atom is -0.473 e. The molecule has 0 N–H and O–H groups in total. The van der Waals surface area contributed by atoms with E-state index < -0.39 is 22.9 Å². The SMILES string of the molecule is Cc1cc(Oc2ccc(COc3cc4n(c(=O)n3)CC(C)(C)N4C(=O)OC(C)(C)C)cc2C#N)ccn1. The third kappa shape index (κ3) is 5.72. The van der Waals surface area contributed by atoms with Gasteiger partial charge >= 0.3 is 11.8 Å². The van der Waals surface area contributed by atoms with E-state index in [-0.39, 0.29) is 19.0 Å². The molecular formula is C27H29N5O5. The molecule has 0 spiro atoms. The van der Waals surface area contributed by atoms with E-state index in [2.05, 4.69) is 16.0 Å². The molecule has 10 nitrogen and oxygen atoms in total. The normalized spacial score (nSPS) is 14.0. The Hall–Kier alpha value is -4.39. The van der Waals surface area contributed by atoms with E-state index in [1.165, 1.54) is 9.47 Å². The summed E-state index contributed by atoms with van der Waals surface area (Å²) in [6, 6.07) is 12.3. The van der Waals surface area contributed by atoms with Crippen LogP contribution in [0.25, 0.3) is 0 Å². The number of pyridine rings is 1. The average Bonchev–Trinajstić information content (AvgIpc) is 3.08. The molecule has 0 fully saturated rings. The number of amides is 1. The van der Waals surface area contributed by atoms with E-state index in [0.717, 1.165) is 5.69 Å². The van der Waals surface area contributed by atoms with Crippen molar-refractivity contribution in [3.8, 4) is 23.4 Å². The Morgan fingerprint density at radius 3 is 2.62 bits per heavy atom. The van der Waals surface area contributed by atoms with E-state index in [1.807, 2.05) is 20.8 Å². The van der Waals surface area contributed by atoms with Crippen LogP contribution in [0.5, 0.6) is 17.4 Å². The predicted octanol–water partition coefficient (Wildman–Crippen LogP) is 4.72. The number of carbonyl (C=O) groups is 1. The molecule has 4 rings (SSSR count). The van der Waals surface area contributed by atoms with Gasteiger partial charge in [0.1, 0.15) is 35.6 Å². The molecule has 37 heavy (non-hydrogen) atoms. The van der Waals surface area contributed by atoms with E-state index in [1.54, 1.807) is 63.4 Å². The quantitative estimate of drug-likeness (QED) is 0.490. The molecule has 1 aromatic carbocycles. The predicted molar refractivity (Wildman–Crippen MR) is 136 cm³/mol. The number of carbonyl (C=O) groups excluding carboxylic acids is 1. The number of anilines is 1. The van der Waals surface area contributed by atoms with Gasteiger partial charge in [-0.05, 0) is 65.3 Å². The van der Waals surface area contributed by atoms with E-state index in [9.17, 15) is 14.9 Å². The molecule has 0 bridgehead atoms. The minimum atomic E-state index is -0.697. The topological polar surface area (TPSA) is 120 Å². The number of hydrogen-bond donors (Lipinski definition) is 0. The summed E-state index contributed by atoms with van der Waals surface area (Å²) < 4.78 is 18.7. The Labute approximate surface area is 215 Å². The van der Waals surface area contributed by atoms with Crippen LogP contribution in [0.15, 0.2) is 47.4 Å². The second-order valence-electron chi connectivity index (χ2n) is 10.4. The number of rotatable bonds is 5. The van der Waals surface area contributed by atoms with Crippen LogP contribution in [-0.2, 0) is 17.9 Å². The number of nitriles is 1. The fraction of sp³-hybridized carbons (Fsp3) is 0.370. The van der Waals surface area contributed by atoms with Crippen molar-refractivity contribution in [3.05, 3.63) is 69.9 Å². The van der Waals surface area contributed by atoms with Crippen LogP contribution in [0, 0.1) is 18.3 Å². The van der Waals surface area contributed by atoms with Crippen molar-refractivity contribution in [3.63, 3.8) is 0 Å². The summed E-state index contributed by atoms with van der Waals surface area (Å²) in [6.07, 6.45) is 1.08. The van der Waals surface area contributed by atoms with Gasteiger partial charge in [0.15, 0.2) is 0 Å². The second-order valence-corrected chi connectivity index (χ2v) is 10.4. The van der Waals surface area contributed by atoms with Crippen molar-refractivity contribution in [1.29, 1.82) is 5.26 Å². The van der Waals surface area contributed by atoms with Crippen molar-refractivity contribution in [2.24, 2.45) is 0 Å². The zero-order valence-electron chi connectivity index (χ0n) is 21.7. The number of ether oxygens (including phenoxy) is 3. The summed E-state index contributed by atoms with van der Waals surface area (Å²) >= 11 is 0. The number of aryl methyl sites for hydroxylation is 1. The number of fused-ring (bicyclic) bond motifs is 1. The van der Waals surface area contributed by atoms with Gasteiger partial charge in [-0.15, -0.1) is 0 Å². The first-order valence-electron chi connectivity index (χ1n) is 11.8. The highest BCUT2D eigenvalue weighted by molar-refractivity contribution is 5.89. The smallest absolute Gasteiger partial charge is 0.416 e. The van der Waals surface area contributed by atoms with Gasteiger partial charge in [0.25, 0.3) is 0 Å². The van der Waals surface area contributed by atoms with Gasteiger partial charge in [0.05, 0.1) is 17.6 Å². The fourth-order valence-corrected chi connectivity index (χ4v) is 4.01. The lowest BCUT2D eigenvalue weighted by Gasteiger charge is -2.32. The van der Waals surface area contributed by atoms with E-state index >= 15 is 0 Å². The molecule has 0 unspecified atom stereocenters. The molecule has 192 valence electrons. The Morgan fingerprint density at radius 1 is 1.19 bits per heavy atom. The molecule has 0 saturated heterocycles. The van der Waals surface area contributed by atoms with E-state index in [0.29, 0.717) is 28.4 Å². The number of nitrogens with zero attached hydrogens (tertiary/aromatic N) is 5. The molecule has 2 aromatic heterocycles. The van der Waals surface area contributed by atoms with Gasteiger partial charge in [-0.1, -0.05) is 6.07 Å². The largest absolute Gasteiger partial charge is 0.473 e. The van der Waals surface area contributed by atoms with Gasteiger partial charge < -0.3 is 14.2 Å². The van der Waals surface area contributed by atoms with Crippen molar-refractivity contribution >= 4 is 11.9 Å². The van der Waals surface area contributed by atoms with Crippen LogP contribution in [0.1, 0.15) is 51.4 Å². The summed E-state index contributed by atoms with van der Waals surface area (Å²) in [7, 11) is 0. The maximum absolute atomic E-state index is 13.0. The Balaban J connectivity index is 1.55. The number of hydrogen-bond acceptors (Lipinski definition) is 8. The monoisotopic (exact) mass is 503 g/mol. The summed E-state index contributed by atoms with van der Waals surface area (Å²) in [4.78, 5) is 35.3. The van der Waals surface area contributed by atoms with Gasteiger partial charge in [0.2, 0.25) is 5.88 Å². The first-order valence-corrected chi connectivity index (χ1v) is 11.8. The summed E-state index contributed by atoms with van der Waals surface area (Å²) in [6.45, 7) is 11.2. The molecule has 3 aromatic rings. The Bertz CT molecular complexity index is 1450. The molecule has 0 aliphatic carbocycles. The van der Waals surface area contributed by atoms with E-state index in [4.69, 9.17) is 14.2 Å². The maximum atomic E-state index is 13.0. The van der Waals surface area contributed by atoms with Gasteiger partial charge in [0, 0.05) is 24.0 Å². The van der Waals surface area contributed by atoms with Crippen LogP contribution in [0.2, 0.25) is 0 Å². The van der Waals surface area contributed by atoms with Crippen LogP contribution in [0.3, 0.4) is 0 Å². The molecule has 3 heterocycles. The van der Waals surface area contributed by atoms with Crippen LogP contribution in [-0.4, -0.2) is 31.8 Å². The van der Waals surface area contributed by atoms with Crippen LogP contribution < -0.4 is 20.1 Å². The first-order chi connectivity index (χ1) is 17.4. The second kappa shape index (κ2) is 9.58. The van der Waals surface area contributed by atoms with Gasteiger partial charge in [-0.25, -0.2) is 9.59 Å². The van der Waals surface area contributed by atoms with Gasteiger partial charge in [-0.3, -0.25) is 14.5 Å². The van der Waals surface area contributed by atoms with Crippen LogP contribution >= 0.6 is 0 Å². The molecule has 1 aliphatic rings. The lowest BCUT2D eigenvalue weighted by Crippen LogP contribution is -2.47. The molecule has 0 atom stereocenters. The zero-order valence-corrected chi connectivity index (χ0v) is 21.7. The summed E-state index contributed by atoms with van der Waals surface area (Å²) in [5.74, 6) is 1.39. The summed E-state index contributed by atoms with van der Waals surface area (Å²) in [5.41, 5.74) is -0.109. The highest BCUT2D eigenvalue weighted by Gasteiger charge is 2.43. The number of aromatic nitrogens is 3. The van der Waals surface area contributed by atoms with Crippen molar-refractivity contribution in [2.45, 2.75) is 65.8 Å². The van der Waals surface area contributed by atoms with Crippen molar-refractivity contribution < 1.29 is 19.0 Å². The fourth-order valence-electron chi connectivity index (χ4n) is 4.01. The molecular weight excluding hydrogens is 474 g/mol. The standard InChI is InChI=1S/C27H29N5O5/c1-17-11-20(9-10-29-17)36-21-8-7-18(12-19(21)14-28)15-35-22-13-23-31(24(33)30-22)16-27(5,6)32(23)25(34)37-26(2,3)4/h7-13H,15-16H2,1-6H3. The van der Waals surface area contributed by atoms with Crippen LogP contribution in [0.4, 0.5) is 10.6 Å². The first kappa shape index (κ1) is 25.7.